The summed E-state index contributed by atoms with van der Waals surface area (Å²) in [5.74, 6) is 0.135. The maximum absolute atomic E-state index is 13.6. The molecule has 3 aliphatic rings. The van der Waals surface area contributed by atoms with Gasteiger partial charge in [0.1, 0.15) is 12.1 Å². The molecule has 1 heterocycles. The summed E-state index contributed by atoms with van der Waals surface area (Å²) in [6.07, 6.45) is 3.94. The van der Waals surface area contributed by atoms with Crippen molar-refractivity contribution in [1.29, 1.82) is 0 Å². The fourth-order valence-electron chi connectivity index (χ4n) is 5.73. The molecule has 0 bridgehead atoms. The predicted molar refractivity (Wildman–Crippen MR) is 125 cm³/mol. The SMILES string of the molecule is CC1CC2(NC(=O)N(CC(=O)N(Cc3ccccc3)C(C)C3CCC3)C2=O)c2ccccc21. The zero-order chi connectivity index (χ0) is 23.2. The molecule has 4 amide bonds. The minimum absolute atomic E-state index is 0.0633. The van der Waals surface area contributed by atoms with Crippen molar-refractivity contribution >= 4 is 17.8 Å². The zero-order valence-electron chi connectivity index (χ0n) is 19.3. The summed E-state index contributed by atoms with van der Waals surface area (Å²) in [6, 6.07) is 17.3. The monoisotopic (exact) mass is 445 g/mol. The lowest BCUT2D eigenvalue weighted by Crippen LogP contribution is -2.49. The summed E-state index contributed by atoms with van der Waals surface area (Å²) in [4.78, 5) is 43.1. The number of amides is 4. The zero-order valence-corrected chi connectivity index (χ0v) is 19.3. The highest BCUT2D eigenvalue weighted by Crippen LogP contribution is 2.47. The van der Waals surface area contributed by atoms with Crippen LogP contribution >= 0.6 is 0 Å². The van der Waals surface area contributed by atoms with Crippen LogP contribution in [0.5, 0.6) is 0 Å². The molecule has 1 N–H and O–H groups in total. The standard InChI is InChI=1S/C27H31N3O3/c1-18-15-27(23-14-7-6-13-22(18)23)25(32)30(26(33)28-27)17-24(31)29(19(2)21-11-8-12-21)16-20-9-4-3-5-10-20/h3-7,9-10,13-14,18-19,21H,8,11-12,15-17H2,1-2H3,(H,28,33). The Morgan fingerprint density at radius 3 is 2.52 bits per heavy atom. The second kappa shape index (κ2) is 8.32. The van der Waals surface area contributed by atoms with E-state index in [0.717, 1.165) is 34.4 Å². The van der Waals surface area contributed by atoms with E-state index in [4.69, 9.17) is 0 Å². The highest BCUT2D eigenvalue weighted by molar-refractivity contribution is 6.10. The molecule has 2 fully saturated rings. The van der Waals surface area contributed by atoms with E-state index in [1.165, 1.54) is 6.42 Å². The minimum Gasteiger partial charge on any atom is -0.334 e. The average Bonchev–Trinajstić information content (AvgIpc) is 3.19. The first-order chi connectivity index (χ1) is 15.9. The number of rotatable bonds is 6. The van der Waals surface area contributed by atoms with Gasteiger partial charge in [0.15, 0.2) is 0 Å². The van der Waals surface area contributed by atoms with Crippen molar-refractivity contribution in [3.63, 3.8) is 0 Å². The van der Waals surface area contributed by atoms with Crippen LogP contribution in [-0.4, -0.2) is 40.2 Å². The van der Waals surface area contributed by atoms with Crippen molar-refractivity contribution in [1.82, 2.24) is 15.1 Å². The van der Waals surface area contributed by atoms with E-state index in [2.05, 4.69) is 19.2 Å². The van der Waals surface area contributed by atoms with Crippen molar-refractivity contribution in [3.8, 4) is 0 Å². The summed E-state index contributed by atoms with van der Waals surface area (Å²) < 4.78 is 0. The van der Waals surface area contributed by atoms with Gasteiger partial charge in [-0.1, -0.05) is 67.9 Å². The number of nitrogens with zero attached hydrogens (tertiary/aromatic N) is 2. The molecule has 2 aromatic carbocycles. The van der Waals surface area contributed by atoms with Crippen LogP contribution in [0, 0.1) is 5.92 Å². The number of imide groups is 1. The Balaban J connectivity index is 1.38. The summed E-state index contributed by atoms with van der Waals surface area (Å²) in [5, 5.41) is 2.95. The molecule has 6 nitrogen and oxygen atoms in total. The number of urea groups is 1. The van der Waals surface area contributed by atoms with E-state index in [-0.39, 0.29) is 30.3 Å². The van der Waals surface area contributed by atoms with Crippen molar-refractivity contribution in [2.24, 2.45) is 5.92 Å². The van der Waals surface area contributed by atoms with E-state index in [1.807, 2.05) is 59.5 Å². The highest BCUT2D eigenvalue weighted by Gasteiger charge is 2.57. The molecule has 1 saturated heterocycles. The molecule has 1 spiro atoms. The third-order valence-corrected chi connectivity index (χ3v) is 7.87. The number of hydrogen-bond donors (Lipinski definition) is 1. The Morgan fingerprint density at radius 1 is 1.12 bits per heavy atom. The molecule has 5 rings (SSSR count). The van der Waals surface area contributed by atoms with Crippen molar-refractivity contribution < 1.29 is 14.4 Å². The number of hydrogen-bond acceptors (Lipinski definition) is 3. The third-order valence-electron chi connectivity index (χ3n) is 7.87. The molecule has 172 valence electrons. The van der Waals surface area contributed by atoms with Crippen molar-refractivity contribution in [2.45, 2.75) is 63.6 Å². The molecule has 2 aromatic rings. The summed E-state index contributed by atoms with van der Waals surface area (Å²) in [5.41, 5.74) is 1.93. The first kappa shape index (κ1) is 21.7. The molecule has 33 heavy (non-hydrogen) atoms. The van der Waals surface area contributed by atoms with Gasteiger partial charge in [0.2, 0.25) is 5.91 Å². The maximum atomic E-state index is 13.6. The Bertz CT molecular complexity index is 1080. The molecule has 1 saturated carbocycles. The van der Waals surface area contributed by atoms with Crippen LogP contribution in [0.4, 0.5) is 4.79 Å². The van der Waals surface area contributed by atoms with Gasteiger partial charge in [-0.15, -0.1) is 0 Å². The minimum atomic E-state index is -1.06. The van der Waals surface area contributed by atoms with Gasteiger partial charge in [0.25, 0.3) is 5.91 Å². The molecule has 2 aliphatic carbocycles. The van der Waals surface area contributed by atoms with Gasteiger partial charge in [-0.05, 0) is 54.7 Å². The summed E-state index contributed by atoms with van der Waals surface area (Å²) in [6.45, 7) is 4.41. The van der Waals surface area contributed by atoms with Crippen LogP contribution < -0.4 is 5.32 Å². The van der Waals surface area contributed by atoms with Gasteiger partial charge < -0.3 is 10.2 Å². The maximum Gasteiger partial charge on any atom is 0.325 e. The van der Waals surface area contributed by atoms with E-state index in [0.29, 0.717) is 18.9 Å². The third kappa shape index (κ3) is 3.62. The fourth-order valence-corrected chi connectivity index (χ4v) is 5.73. The Kier molecular flexibility index (Phi) is 5.47. The van der Waals surface area contributed by atoms with Gasteiger partial charge in [-0.2, -0.15) is 0 Å². The summed E-state index contributed by atoms with van der Waals surface area (Å²) >= 11 is 0. The van der Waals surface area contributed by atoms with E-state index < -0.39 is 11.6 Å². The molecule has 6 heteroatoms. The largest absolute Gasteiger partial charge is 0.334 e. The molecule has 3 unspecified atom stereocenters. The number of carbonyl (C=O) groups is 3. The van der Waals surface area contributed by atoms with Crippen LogP contribution in [0.25, 0.3) is 0 Å². The Labute approximate surface area is 194 Å². The van der Waals surface area contributed by atoms with E-state index in [1.54, 1.807) is 0 Å². The van der Waals surface area contributed by atoms with Crippen LogP contribution in [0.15, 0.2) is 54.6 Å². The van der Waals surface area contributed by atoms with Gasteiger partial charge in [-0.25, -0.2) is 4.79 Å². The van der Waals surface area contributed by atoms with E-state index in [9.17, 15) is 14.4 Å². The lowest BCUT2D eigenvalue weighted by molar-refractivity contribution is -0.142. The second-order valence-electron chi connectivity index (χ2n) is 9.86. The average molecular weight is 446 g/mol. The van der Waals surface area contributed by atoms with Gasteiger partial charge >= 0.3 is 6.03 Å². The number of benzene rings is 2. The molecule has 3 atom stereocenters. The number of carbonyl (C=O) groups excluding carboxylic acids is 3. The lowest BCUT2D eigenvalue weighted by atomic mass is 9.79. The molecule has 1 aliphatic heterocycles. The summed E-state index contributed by atoms with van der Waals surface area (Å²) in [7, 11) is 0. The van der Waals surface area contributed by atoms with Gasteiger partial charge in [-0.3, -0.25) is 14.5 Å². The normalized spacial score (nSPS) is 25.0. The predicted octanol–water partition coefficient (Wildman–Crippen LogP) is 4.16. The van der Waals surface area contributed by atoms with Crippen LogP contribution in [0.2, 0.25) is 0 Å². The molecule has 0 radical (unpaired) electrons. The Morgan fingerprint density at radius 2 is 1.82 bits per heavy atom. The topological polar surface area (TPSA) is 69.7 Å². The quantitative estimate of drug-likeness (QED) is 0.679. The molecular formula is C27H31N3O3. The van der Waals surface area contributed by atoms with Crippen molar-refractivity contribution in [2.75, 3.05) is 6.54 Å². The number of nitrogens with one attached hydrogen (secondary N) is 1. The van der Waals surface area contributed by atoms with Crippen LogP contribution in [0.1, 0.15) is 62.1 Å². The Hall–Kier alpha value is -3.15. The lowest BCUT2D eigenvalue weighted by Gasteiger charge is -2.39. The first-order valence-corrected chi connectivity index (χ1v) is 12.0. The van der Waals surface area contributed by atoms with Gasteiger partial charge in [0, 0.05) is 12.6 Å². The van der Waals surface area contributed by atoms with Crippen molar-refractivity contribution in [3.05, 3.63) is 71.3 Å². The van der Waals surface area contributed by atoms with E-state index >= 15 is 0 Å². The van der Waals surface area contributed by atoms with Crippen LogP contribution in [-0.2, 0) is 21.7 Å². The smallest absolute Gasteiger partial charge is 0.325 e. The molecular weight excluding hydrogens is 414 g/mol. The number of fused-ring (bicyclic) bond motifs is 2. The first-order valence-electron chi connectivity index (χ1n) is 12.0. The highest BCUT2D eigenvalue weighted by atomic mass is 16.2. The van der Waals surface area contributed by atoms with Gasteiger partial charge in [0.05, 0.1) is 0 Å². The fraction of sp³-hybridized carbons (Fsp3) is 0.444. The molecule has 0 aromatic heterocycles. The van der Waals surface area contributed by atoms with Crippen LogP contribution in [0.3, 0.4) is 0 Å². The second-order valence-corrected chi connectivity index (χ2v) is 9.86.